The van der Waals surface area contributed by atoms with Crippen LogP contribution in [0.5, 0.6) is 0 Å². The first-order chi connectivity index (χ1) is 14.2. The smallest absolute Gasteiger partial charge is 0.251 e. The molecular formula is C22H29N3O2S2. The zero-order valence-corrected chi connectivity index (χ0v) is 18.5. The molecule has 0 saturated carbocycles. The summed E-state index contributed by atoms with van der Waals surface area (Å²) in [7, 11) is 0. The molecule has 1 aliphatic rings. The maximum atomic E-state index is 13.2. The number of carbonyl (C=O) groups is 2. The van der Waals surface area contributed by atoms with Gasteiger partial charge >= 0.3 is 0 Å². The quantitative estimate of drug-likeness (QED) is 0.697. The molecule has 5 nitrogen and oxygen atoms in total. The lowest BCUT2D eigenvalue weighted by Gasteiger charge is -2.27. The summed E-state index contributed by atoms with van der Waals surface area (Å²) < 4.78 is 0. The van der Waals surface area contributed by atoms with Gasteiger partial charge in [0.2, 0.25) is 5.91 Å². The number of hydrogen-bond acceptors (Lipinski definition) is 5. The van der Waals surface area contributed by atoms with E-state index < -0.39 is 6.04 Å². The third-order valence-electron chi connectivity index (χ3n) is 5.14. The Labute approximate surface area is 181 Å². The predicted molar refractivity (Wildman–Crippen MR) is 121 cm³/mol. The highest BCUT2D eigenvalue weighted by Crippen LogP contribution is 2.14. The molecule has 1 aromatic carbocycles. The number of hydrogen-bond donors (Lipinski definition) is 1. The number of nitrogens with zero attached hydrogens (tertiary/aromatic N) is 2. The van der Waals surface area contributed by atoms with E-state index in [1.807, 2.05) is 29.4 Å². The van der Waals surface area contributed by atoms with Crippen LogP contribution in [0.25, 0.3) is 0 Å². The number of thiophene rings is 1. The second-order valence-electron chi connectivity index (χ2n) is 7.26. The second kappa shape index (κ2) is 11.4. The Bertz CT molecular complexity index is 768. The van der Waals surface area contributed by atoms with Gasteiger partial charge in [0.15, 0.2) is 0 Å². The molecule has 1 atom stereocenters. The van der Waals surface area contributed by atoms with Crippen LogP contribution in [0.15, 0.2) is 47.2 Å². The summed E-state index contributed by atoms with van der Waals surface area (Å²) in [6, 6.07) is 10.8. The zero-order chi connectivity index (χ0) is 20.5. The van der Waals surface area contributed by atoms with Gasteiger partial charge in [0, 0.05) is 38.3 Å². The van der Waals surface area contributed by atoms with Gasteiger partial charge in [0.1, 0.15) is 6.04 Å². The molecule has 2 heterocycles. The van der Waals surface area contributed by atoms with Crippen molar-refractivity contribution in [2.24, 2.45) is 0 Å². The summed E-state index contributed by atoms with van der Waals surface area (Å²) in [5, 5.41) is 7.27. The molecule has 29 heavy (non-hydrogen) atoms. The van der Waals surface area contributed by atoms with Crippen LogP contribution in [0.1, 0.15) is 28.8 Å². The minimum absolute atomic E-state index is 0.0423. The Hall–Kier alpha value is -1.83. The molecule has 1 saturated heterocycles. The van der Waals surface area contributed by atoms with E-state index in [1.165, 1.54) is 5.56 Å². The summed E-state index contributed by atoms with van der Waals surface area (Å²) in [5.41, 5.74) is 1.93. The molecule has 7 heteroatoms. The van der Waals surface area contributed by atoms with Gasteiger partial charge in [-0.25, -0.2) is 0 Å². The van der Waals surface area contributed by atoms with Crippen molar-refractivity contribution in [2.45, 2.75) is 25.4 Å². The molecule has 1 aliphatic heterocycles. The van der Waals surface area contributed by atoms with Crippen LogP contribution < -0.4 is 5.32 Å². The number of benzene rings is 1. The average molecular weight is 432 g/mol. The first-order valence-corrected chi connectivity index (χ1v) is 12.4. The molecule has 1 unspecified atom stereocenters. The van der Waals surface area contributed by atoms with Crippen LogP contribution in [0, 0.1) is 0 Å². The molecule has 0 bridgehead atoms. The molecule has 2 amide bonds. The summed E-state index contributed by atoms with van der Waals surface area (Å²) in [4.78, 5) is 30.2. The lowest BCUT2D eigenvalue weighted by atomic mass is 10.1. The minimum Gasteiger partial charge on any atom is -0.340 e. The molecule has 156 valence electrons. The number of thioether (sulfide) groups is 1. The average Bonchev–Trinajstić information content (AvgIpc) is 3.15. The van der Waals surface area contributed by atoms with E-state index >= 15 is 0 Å². The third-order valence-corrected chi connectivity index (χ3v) is 6.51. The van der Waals surface area contributed by atoms with E-state index in [0.717, 1.165) is 38.4 Å². The number of carbonyl (C=O) groups excluding carboxylic acids is 2. The molecule has 1 N–H and O–H groups in total. The van der Waals surface area contributed by atoms with Gasteiger partial charge in [-0.1, -0.05) is 18.2 Å². The van der Waals surface area contributed by atoms with E-state index in [0.29, 0.717) is 18.5 Å². The zero-order valence-electron chi connectivity index (χ0n) is 16.9. The highest BCUT2D eigenvalue weighted by atomic mass is 32.2. The summed E-state index contributed by atoms with van der Waals surface area (Å²) in [5.74, 6) is 0.698. The Balaban J connectivity index is 1.60. The van der Waals surface area contributed by atoms with Gasteiger partial charge in [-0.15, -0.1) is 0 Å². The van der Waals surface area contributed by atoms with Crippen molar-refractivity contribution in [1.29, 1.82) is 0 Å². The SMILES string of the molecule is CSCCC(NC(=O)c1ccccc1)C(=O)N1CCCN(Cc2ccsc2)CC1. The van der Waals surface area contributed by atoms with Crippen molar-refractivity contribution < 1.29 is 9.59 Å². The summed E-state index contributed by atoms with van der Waals surface area (Å²) in [6.07, 6.45) is 3.63. The summed E-state index contributed by atoms with van der Waals surface area (Å²) >= 11 is 3.41. The van der Waals surface area contributed by atoms with Crippen LogP contribution in [0.3, 0.4) is 0 Å². The normalized spacial score (nSPS) is 16.2. The number of amides is 2. The molecule has 0 spiro atoms. The van der Waals surface area contributed by atoms with Gasteiger partial charge in [-0.3, -0.25) is 14.5 Å². The maximum Gasteiger partial charge on any atom is 0.251 e. The Kier molecular flexibility index (Phi) is 8.58. The van der Waals surface area contributed by atoms with E-state index in [-0.39, 0.29) is 11.8 Å². The fraction of sp³-hybridized carbons (Fsp3) is 0.455. The van der Waals surface area contributed by atoms with Crippen LogP contribution in [-0.2, 0) is 11.3 Å². The number of rotatable bonds is 8. The van der Waals surface area contributed by atoms with Gasteiger partial charge in [0.05, 0.1) is 0 Å². The standard InChI is InChI=1S/C22H29N3O2S2/c1-28-14-9-20(23-21(26)19-6-3-2-4-7-19)22(27)25-11-5-10-24(12-13-25)16-18-8-15-29-17-18/h2-4,6-8,15,17,20H,5,9-14,16H2,1H3,(H,23,26). The largest absolute Gasteiger partial charge is 0.340 e. The van der Waals surface area contributed by atoms with Crippen molar-refractivity contribution in [3.63, 3.8) is 0 Å². The van der Waals surface area contributed by atoms with Crippen molar-refractivity contribution in [3.05, 3.63) is 58.3 Å². The molecule has 2 aromatic rings. The van der Waals surface area contributed by atoms with Gasteiger partial charge in [-0.05, 0) is 59.4 Å². The second-order valence-corrected chi connectivity index (χ2v) is 9.03. The third kappa shape index (κ3) is 6.59. The van der Waals surface area contributed by atoms with E-state index in [1.54, 1.807) is 35.2 Å². The highest BCUT2D eigenvalue weighted by Gasteiger charge is 2.27. The van der Waals surface area contributed by atoms with Crippen molar-refractivity contribution >= 4 is 34.9 Å². The van der Waals surface area contributed by atoms with Crippen LogP contribution in [-0.4, -0.2) is 65.8 Å². The molecule has 0 aliphatic carbocycles. The molecule has 1 fully saturated rings. The predicted octanol–water partition coefficient (Wildman–Crippen LogP) is 3.33. The molecule has 1 aromatic heterocycles. The fourth-order valence-electron chi connectivity index (χ4n) is 3.53. The lowest BCUT2D eigenvalue weighted by molar-refractivity contribution is -0.133. The Morgan fingerprint density at radius 2 is 1.97 bits per heavy atom. The van der Waals surface area contributed by atoms with E-state index in [2.05, 4.69) is 27.0 Å². The lowest BCUT2D eigenvalue weighted by Crippen LogP contribution is -2.49. The van der Waals surface area contributed by atoms with Crippen LogP contribution >= 0.6 is 23.1 Å². The minimum atomic E-state index is -0.474. The highest BCUT2D eigenvalue weighted by molar-refractivity contribution is 7.98. The molecular weight excluding hydrogens is 402 g/mol. The van der Waals surface area contributed by atoms with Gasteiger partial charge < -0.3 is 10.2 Å². The van der Waals surface area contributed by atoms with Gasteiger partial charge in [0.25, 0.3) is 5.91 Å². The number of nitrogens with one attached hydrogen (secondary N) is 1. The first kappa shape index (κ1) is 21.9. The van der Waals surface area contributed by atoms with Crippen LogP contribution in [0.4, 0.5) is 0 Å². The topological polar surface area (TPSA) is 52.7 Å². The monoisotopic (exact) mass is 431 g/mol. The van der Waals surface area contributed by atoms with Crippen molar-refractivity contribution in [1.82, 2.24) is 15.1 Å². The van der Waals surface area contributed by atoms with Gasteiger partial charge in [-0.2, -0.15) is 23.1 Å². The molecule has 3 rings (SSSR count). The Morgan fingerprint density at radius 3 is 2.69 bits per heavy atom. The van der Waals surface area contributed by atoms with Crippen molar-refractivity contribution in [3.8, 4) is 0 Å². The Morgan fingerprint density at radius 1 is 1.14 bits per heavy atom. The van der Waals surface area contributed by atoms with Crippen LogP contribution in [0.2, 0.25) is 0 Å². The van der Waals surface area contributed by atoms with Crippen molar-refractivity contribution in [2.75, 3.05) is 38.2 Å². The first-order valence-electron chi connectivity index (χ1n) is 10.0. The fourth-order valence-corrected chi connectivity index (χ4v) is 4.67. The van der Waals surface area contributed by atoms with E-state index in [4.69, 9.17) is 0 Å². The van der Waals surface area contributed by atoms with E-state index in [9.17, 15) is 9.59 Å². The summed E-state index contributed by atoms with van der Waals surface area (Å²) in [6.45, 7) is 4.25. The molecule has 0 radical (unpaired) electrons. The maximum absolute atomic E-state index is 13.2.